The van der Waals surface area contributed by atoms with Crippen LogP contribution >= 0.6 is 23.2 Å². The molecular weight excluding hydrogens is 269 g/mol. The van der Waals surface area contributed by atoms with Crippen molar-refractivity contribution in [2.45, 2.75) is 26.7 Å². The Balaban J connectivity index is 2.28. The quantitative estimate of drug-likeness (QED) is 0.909. The van der Waals surface area contributed by atoms with E-state index in [1.165, 1.54) is 12.8 Å². The van der Waals surface area contributed by atoms with Gasteiger partial charge < -0.3 is 10.2 Å². The lowest BCUT2D eigenvalue weighted by Crippen LogP contribution is -2.35. The van der Waals surface area contributed by atoms with Gasteiger partial charge in [-0.05, 0) is 31.7 Å². The molecule has 1 aliphatic rings. The molecule has 18 heavy (non-hydrogen) atoms. The van der Waals surface area contributed by atoms with Crippen molar-refractivity contribution in [3.05, 3.63) is 16.1 Å². The zero-order valence-corrected chi connectivity index (χ0v) is 12.4. The van der Waals surface area contributed by atoms with E-state index in [4.69, 9.17) is 23.2 Å². The topological polar surface area (TPSA) is 28.2 Å². The van der Waals surface area contributed by atoms with Gasteiger partial charge in [-0.2, -0.15) is 0 Å². The van der Waals surface area contributed by atoms with E-state index in [0.29, 0.717) is 16.0 Å². The molecule has 1 aromatic heterocycles. The predicted octanol–water partition coefficient (Wildman–Crippen LogP) is 4.06. The maximum Gasteiger partial charge on any atom is 0.149 e. The summed E-state index contributed by atoms with van der Waals surface area (Å²) >= 11 is 12.4. The molecule has 1 N–H and O–H groups in total. The Morgan fingerprint density at radius 3 is 2.89 bits per heavy atom. The summed E-state index contributed by atoms with van der Waals surface area (Å²) in [6.07, 6.45) is 2.47. The maximum atomic E-state index is 6.27. The van der Waals surface area contributed by atoms with Crippen molar-refractivity contribution in [3.8, 4) is 0 Å². The van der Waals surface area contributed by atoms with Crippen molar-refractivity contribution in [1.29, 1.82) is 0 Å². The lowest BCUT2D eigenvalue weighted by Gasteiger charge is -2.32. The van der Waals surface area contributed by atoms with Crippen molar-refractivity contribution in [3.63, 3.8) is 0 Å². The van der Waals surface area contributed by atoms with Crippen LogP contribution < -0.4 is 10.2 Å². The number of hydrogen-bond acceptors (Lipinski definition) is 3. The molecule has 2 heterocycles. The van der Waals surface area contributed by atoms with Crippen LogP contribution in [0.25, 0.3) is 0 Å². The number of pyridine rings is 1. The van der Waals surface area contributed by atoms with Gasteiger partial charge >= 0.3 is 0 Å². The smallest absolute Gasteiger partial charge is 0.149 e. The highest BCUT2D eigenvalue weighted by atomic mass is 35.5. The first-order valence-corrected chi connectivity index (χ1v) is 7.22. The third-order valence-corrected chi connectivity index (χ3v) is 3.78. The van der Waals surface area contributed by atoms with Crippen LogP contribution in [0.1, 0.15) is 26.7 Å². The van der Waals surface area contributed by atoms with E-state index in [-0.39, 0.29) is 0 Å². The van der Waals surface area contributed by atoms with Gasteiger partial charge in [0.25, 0.3) is 0 Å². The zero-order valence-electron chi connectivity index (χ0n) is 10.8. The van der Waals surface area contributed by atoms with Crippen molar-refractivity contribution >= 4 is 34.8 Å². The second-order valence-electron chi connectivity index (χ2n) is 4.85. The molecule has 100 valence electrons. The molecule has 1 aliphatic heterocycles. The van der Waals surface area contributed by atoms with Gasteiger partial charge in [-0.15, -0.1) is 0 Å². The second-order valence-corrected chi connectivity index (χ2v) is 5.66. The lowest BCUT2D eigenvalue weighted by atomic mass is 10.0. The number of rotatable bonds is 3. The van der Waals surface area contributed by atoms with Crippen molar-refractivity contribution in [2.24, 2.45) is 5.92 Å². The van der Waals surface area contributed by atoms with Crippen LogP contribution in [0.3, 0.4) is 0 Å². The highest BCUT2D eigenvalue weighted by Crippen LogP contribution is 2.33. The minimum Gasteiger partial charge on any atom is -0.369 e. The van der Waals surface area contributed by atoms with Crippen LogP contribution in [0, 0.1) is 5.92 Å². The molecule has 0 aromatic carbocycles. The SMILES string of the molecule is CCNc1nc(N2CCCC(C)C2)c(Cl)cc1Cl. The van der Waals surface area contributed by atoms with Gasteiger partial charge in [-0.3, -0.25) is 0 Å². The minimum atomic E-state index is 0.579. The van der Waals surface area contributed by atoms with Gasteiger partial charge in [-0.25, -0.2) is 4.98 Å². The molecule has 0 spiro atoms. The average Bonchev–Trinajstić information content (AvgIpc) is 2.33. The Morgan fingerprint density at radius 2 is 2.22 bits per heavy atom. The fourth-order valence-electron chi connectivity index (χ4n) is 2.35. The first kappa shape index (κ1) is 13.8. The monoisotopic (exact) mass is 287 g/mol. The normalized spacial score (nSPS) is 20.0. The summed E-state index contributed by atoms with van der Waals surface area (Å²) < 4.78 is 0. The average molecular weight is 288 g/mol. The minimum absolute atomic E-state index is 0.579. The van der Waals surface area contributed by atoms with Gasteiger partial charge in [0.2, 0.25) is 0 Å². The number of nitrogens with one attached hydrogen (secondary N) is 1. The van der Waals surface area contributed by atoms with Crippen LogP contribution in [0.15, 0.2) is 6.07 Å². The molecule has 1 atom stereocenters. The zero-order chi connectivity index (χ0) is 13.1. The van der Waals surface area contributed by atoms with E-state index in [9.17, 15) is 0 Å². The van der Waals surface area contributed by atoms with E-state index in [0.717, 1.165) is 31.3 Å². The standard InChI is InChI=1S/C13H19Cl2N3/c1-3-16-12-10(14)7-11(15)13(17-12)18-6-4-5-9(2)8-18/h7,9H,3-6,8H2,1-2H3,(H,16,17). The number of piperidine rings is 1. The van der Waals surface area contributed by atoms with E-state index >= 15 is 0 Å². The first-order valence-electron chi connectivity index (χ1n) is 6.46. The van der Waals surface area contributed by atoms with Crippen LogP contribution in [-0.2, 0) is 0 Å². The molecule has 0 aliphatic carbocycles. The summed E-state index contributed by atoms with van der Waals surface area (Å²) in [5.41, 5.74) is 0. The summed E-state index contributed by atoms with van der Waals surface area (Å²) in [5, 5.41) is 4.38. The van der Waals surface area contributed by atoms with Gasteiger partial charge in [-0.1, -0.05) is 30.1 Å². The van der Waals surface area contributed by atoms with E-state index in [1.54, 1.807) is 6.07 Å². The number of hydrogen-bond donors (Lipinski definition) is 1. The molecule has 0 saturated carbocycles. The molecule has 1 unspecified atom stereocenters. The molecule has 0 radical (unpaired) electrons. The fraction of sp³-hybridized carbons (Fsp3) is 0.615. The molecule has 5 heteroatoms. The van der Waals surface area contributed by atoms with E-state index < -0.39 is 0 Å². The highest BCUT2D eigenvalue weighted by molar-refractivity contribution is 6.37. The lowest BCUT2D eigenvalue weighted by molar-refractivity contribution is 0.444. The molecular formula is C13H19Cl2N3. The Kier molecular flexibility index (Phi) is 4.57. The van der Waals surface area contributed by atoms with Gasteiger partial charge in [0, 0.05) is 19.6 Å². The van der Waals surface area contributed by atoms with Gasteiger partial charge in [0.15, 0.2) is 0 Å². The summed E-state index contributed by atoms with van der Waals surface area (Å²) in [4.78, 5) is 6.83. The Bertz CT molecular complexity index is 423. The van der Waals surface area contributed by atoms with Crippen LogP contribution in [0.4, 0.5) is 11.6 Å². The van der Waals surface area contributed by atoms with Crippen LogP contribution in [-0.4, -0.2) is 24.6 Å². The predicted molar refractivity (Wildman–Crippen MR) is 79.0 cm³/mol. The third kappa shape index (κ3) is 3.01. The number of anilines is 2. The number of nitrogens with zero attached hydrogens (tertiary/aromatic N) is 2. The molecule has 1 aromatic rings. The second kappa shape index (κ2) is 5.98. The Morgan fingerprint density at radius 1 is 1.44 bits per heavy atom. The Labute approximate surface area is 118 Å². The summed E-state index contributed by atoms with van der Waals surface area (Å²) in [6, 6.07) is 1.78. The summed E-state index contributed by atoms with van der Waals surface area (Å²) in [5.74, 6) is 2.26. The molecule has 0 bridgehead atoms. The Hall–Kier alpha value is -0.670. The molecule has 0 amide bonds. The van der Waals surface area contributed by atoms with Crippen molar-refractivity contribution in [1.82, 2.24) is 4.98 Å². The van der Waals surface area contributed by atoms with Crippen molar-refractivity contribution < 1.29 is 0 Å². The van der Waals surface area contributed by atoms with E-state index in [1.807, 2.05) is 6.92 Å². The third-order valence-electron chi connectivity index (χ3n) is 3.21. The molecule has 3 nitrogen and oxygen atoms in total. The van der Waals surface area contributed by atoms with E-state index in [2.05, 4.69) is 22.1 Å². The van der Waals surface area contributed by atoms with Gasteiger partial charge in [0.1, 0.15) is 11.6 Å². The van der Waals surface area contributed by atoms with Crippen molar-refractivity contribution in [2.75, 3.05) is 29.9 Å². The summed E-state index contributed by atoms with van der Waals surface area (Å²) in [7, 11) is 0. The van der Waals surface area contributed by atoms with Crippen LogP contribution in [0.5, 0.6) is 0 Å². The summed E-state index contributed by atoms with van der Waals surface area (Å²) in [6.45, 7) is 7.12. The fourth-order valence-corrected chi connectivity index (χ4v) is 2.90. The maximum absolute atomic E-state index is 6.27. The number of halogens is 2. The molecule has 1 saturated heterocycles. The van der Waals surface area contributed by atoms with Gasteiger partial charge in [0.05, 0.1) is 10.0 Å². The molecule has 2 rings (SSSR count). The van der Waals surface area contributed by atoms with Crippen LogP contribution in [0.2, 0.25) is 10.0 Å². The molecule has 1 fully saturated rings. The number of aromatic nitrogens is 1. The highest BCUT2D eigenvalue weighted by Gasteiger charge is 2.21. The largest absolute Gasteiger partial charge is 0.369 e. The first-order chi connectivity index (χ1) is 8.61.